The second kappa shape index (κ2) is 9.90. The topological polar surface area (TPSA) is 124 Å². The number of nitro groups is 1. The number of rotatable bonds is 7. The van der Waals surface area contributed by atoms with Gasteiger partial charge in [-0.3, -0.25) is 24.6 Å². The molecule has 35 heavy (non-hydrogen) atoms. The normalized spacial score (nSPS) is 15.0. The molecule has 0 spiro atoms. The highest BCUT2D eigenvalue weighted by Crippen LogP contribution is 2.34. The van der Waals surface area contributed by atoms with Gasteiger partial charge >= 0.3 is 10.1 Å². The van der Waals surface area contributed by atoms with Crippen LogP contribution in [-0.4, -0.2) is 29.4 Å². The van der Waals surface area contributed by atoms with Gasteiger partial charge in [-0.15, -0.1) is 0 Å². The monoisotopic (exact) mass is 530 g/mol. The Morgan fingerprint density at radius 2 is 1.71 bits per heavy atom. The number of benzene rings is 3. The van der Waals surface area contributed by atoms with Crippen molar-refractivity contribution in [2.24, 2.45) is 0 Å². The Morgan fingerprint density at radius 1 is 1.03 bits per heavy atom. The molecule has 4 rings (SSSR count). The molecule has 2 amide bonds. The number of hydrogen-bond acceptors (Lipinski definition) is 8. The van der Waals surface area contributed by atoms with E-state index in [2.05, 4.69) is 0 Å². The van der Waals surface area contributed by atoms with Crippen LogP contribution in [0.5, 0.6) is 5.75 Å². The van der Waals surface area contributed by atoms with Gasteiger partial charge in [0.1, 0.15) is 10.6 Å². The fraction of sp³-hybridized carbons (Fsp3) is 0.0435. The van der Waals surface area contributed by atoms with Gasteiger partial charge in [0, 0.05) is 17.2 Å². The molecule has 0 atom stereocenters. The largest absolute Gasteiger partial charge is 0.379 e. The maximum absolute atomic E-state index is 12.8. The maximum Gasteiger partial charge on any atom is 0.339 e. The number of nitrogens with zero attached hydrogens (tertiary/aromatic N) is 2. The molecule has 178 valence electrons. The van der Waals surface area contributed by atoms with Crippen LogP contribution in [0.2, 0.25) is 5.02 Å². The SMILES string of the molecule is O=C1S/C(=C\c2cccc(OS(=O)(=O)c3ccc(Cl)cc3)c2)C(=O)N1Cc1ccc([N+](=O)[O-])cc1. The number of amides is 2. The van der Waals surface area contributed by atoms with Gasteiger partial charge in [-0.25, -0.2) is 0 Å². The van der Waals surface area contributed by atoms with E-state index >= 15 is 0 Å². The van der Waals surface area contributed by atoms with Crippen LogP contribution in [0.25, 0.3) is 6.08 Å². The fourth-order valence-corrected chi connectivity index (χ4v) is 5.01. The molecule has 1 aliphatic rings. The Morgan fingerprint density at radius 3 is 2.37 bits per heavy atom. The maximum atomic E-state index is 12.8. The number of halogens is 1. The van der Waals surface area contributed by atoms with E-state index in [0.717, 1.165) is 16.7 Å². The fourth-order valence-electron chi connectivity index (χ4n) is 3.13. The van der Waals surface area contributed by atoms with E-state index in [1.54, 1.807) is 12.1 Å². The van der Waals surface area contributed by atoms with Crippen LogP contribution in [0.1, 0.15) is 11.1 Å². The third kappa shape index (κ3) is 5.70. The van der Waals surface area contributed by atoms with Gasteiger partial charge < -0.3 is 4.18 Å². The zero-order chi connectivity index (χ0) is 25.2. The first-order chi connectivity index (χ1) is 16.6. The van der Waals surface area contributed by atoms with E-state index in [-0.39, 0.29) is 27.8 Å². The molecule has 0 N–H and O–H groups in total. The molecule has 0 radical (unpaired) electrons. The summed E-state index contributed by atoms with van der Waals surface area (Å²) in [6.45, 7) is -0.0392. The first-order valence-electron chi connectivity index (χ1n) is 9.91. The van der Waals surface area contributed by atoms with Crippen molar-refractivity contribution in [3.63, 3.8) is 0 Å². The van der Waals surface area contributed by atoms with E-state index in [4.69, 9.17) is 15.8 Å². The summed E-state index contributed by atoms with van der Waals surface area (Å²) in [5.74, 6) is -0.503. The van der Waals surface area contributed by atoms with Gasteiger partial charge in [0.05, 0.1) is 16.4 Å². The number of thioether (sulfide) groups is 1. The van der Waals surface area contributed by atoms with Gasteiger partial charge in [0.25, 0.3) is 16.8 Å². The summed E-state index contributed by atoms with van der Waals surface area (Å²) in [5.41, 5.74) is 0.916. The Kier molecular flexibility index (Phi) is 6.92. The predicted molar refractivity (Wildman–Crippen MR) is 130 cm³/mol. The number of carbonyl (C=O) groups is 2. The van der Waals surface area contributed by atoms with Crippen LogP contribution in [0.3, 0.4) is 0 Å². The highest BCUT2D eigenvalue weighted by atomic mass is 35.5. The average molecular weight is 531 g/mol. The standard InChI is InChI=1S/C23H15ClN2O7S2/c24-17-6-10-20(11-7-17)35(31,32)33-19-3-1-2-16(12-19)13-21-22(27)25(23(28)34-21)14-15-4-8-18(9-5-15)26(29)30/h1-13H,14H2/b21-13-. The third-order valence-electron chi connectivity index (χ3n) is 4.83. The van der Waals surface area contributed by atoms with Gasteiger partial charge in [-0.05, 0) is 65.4 Å². The second-order valence-electron chi connectivity index (χ2n) is 7.26. The number of carbonyl (C=O) groups excluding carboxylic acids is 2. The Labute approximate surface area is 209 Å². The van der Waals surface area contributed by atoms with Gasteiger partial charge in [-0.2, -0.15) is 8.42 Å². The molecule has 1 aliphatic heterocycles. The van der Waals surface area contributed by atoms with Crippen molar-refractivity contribution in [3.8, 4) is 5.75 Å². The molecule has 12 heteroatoms. The highest BCUT2D eigenvalue weighted by Gasteiger charge is 2.35. The zero-order valence-electron chi connectivity index (χ0n) is 17.7. The summed E-state index contributed by atoms with van der Waals surface area (Å²) >= 11 is 6.54. The lowest BCUT2D eigenvalue weighted by Crippen LogP contribution is -2.27. The summed E-state index contributed by atoms with van der Waals surface area (Å²) in [7, 11) is -4.10. The van der Waals surface area contributed by atoms with Gasteiger partial charge in [0.15, 0.2) is 0 Å². The van der Waals surface area contributed by atoms with Crippen molar-refractivity contribution in [1.82, 2.24) is 4.90 Å². The third-order valence-corrected chi connectivity index (χ3v) is 7.25. The van der Waals surface area contributed by atoms with Crippen LogP contribution >= 0.6 is 23.4 Å². The van der Waals surface area contributed by atoms with Crippen LogP contribution in [-0.2, 0) is 21.5 Å². The molecule has 9 nitrogen and oxygen atoms in total. The molecule has 1 fully saturated rings. The summed E-state index contributed by atoms with van der Waals surface area (Å²) in [5, 5.41) is 10.7. The van der Waals surface area contributed by atoms with Gasteiger partial charge in [-0.1, -0.05) is 35.9 Å². The number of nitro benzene ring substituents is 1. The summed E-state index contributed by atoms with van der Waals surface area (Å²) in [6, 6.07) is 17.1. The molecule has 0 unspecified atom stereocenters. The Balaban J connectivity index is 1.50. The van der Waals surface area contributed by atoms with Crippen LogP contribution in [0, 0.1) is 10.1 Å². The van der Waals surface area contributed by atoms with Crippen molar-refractivity contribution in [3.05, 3.63) is 104 Å². The van der Waals surface area contributed by atoms with Crippen molar-refractivity contribution in [2.45, 2.75) is 11.4 Å². The minimum absolute atomic E-state index is 0.0267. The van der Waals surface area contributed by atoms with Crippen molar-refractivity contribution < 1.29 is 27.1 Å². The number of imide groups is 1. The minimum atomic E-state index is -4.10. The lowest BCUT2D eigenvalue weighted by molar-refractivity contribution is -0.384. The molecule has 0 aliphatic carbocycles. The van der Waals surface area contributed by atoms with E-state index < -0.39 is 26.2 Å². The summed E-state index contributed by atoms with van der Waals surface area (Å²) in [6.07, 6.45) is 1.46. The first-order valence-corrected chi connectivity index (χ1v) is 12.5. The molecule has 0 aromatic heterocycles. The number of non-ortho nitro benzene ring substituents is 1. The van der Waals surface area contributed by atoms with E-state index in [1.165, 1.54) is 66.7 Å². The average Bonchev–Trinajstić information content (AvgIpc) is 3.07. The molecular formula is C23H15ClN2O7S2. The highest BCUT2D eigenvalue weighted by molar-refractivity contribution is 8.18. The van der Waals surface area contributed by atoms with E-state index in [9.17, 15) is 28.1 Å². The van der Waals surface area contributed by atoms with Crippen LogP contribution in [0.4, 0.5) is 10.5 Å². The van der Waals surface area contributed by atoms with Gasteiger partial charge in [0.2, 0.25) is 0 Å². The first kappa shape index (κ1) is 24.5. The summed E-state index contributed by atoms with van der Waals surface area (Å²) in [4.78, 5) is 36.6. The quantitative estimate of drug-likeness (QED) is 0.175. The van der Waals surface area contributed by atoms with Crippen LogP contribution < -0.4 is 4.18 Å². The molecule has 3 aromatic carbocycles. The minimum Gasteiger partial charge on any atom is -0.379 e. The smallest absolute Gasteiger partial charge is 0.339 e. The number of hydrogen-bond donors (Lipinski definition) is 0. The lowest BCUT2D eigenvalue weighted by atomic mass is 10.2. The zero-order valence-corrected chi connectivity index (χ0v) is 20.0. The van der Waals surface area contributed by atoms with Crippen molar-refractivity contribution in [2.75, 3.05) is 0 Å². The molecule has 1 heterocycles. The predicted octanol–water partition coefficient (Wildman–Crippen LogP) is 5.25. The lowest BCUT2D eigenvalue weighted by Gasteiger charge is -2.12. The molecular weight excluding hydrogens is 516 g/mol. The molecule has 3 aromatic rings. The summed E-state index contributed by atoms with van der Waals surface area (Å²) < 4.78 is 30.2. The van der Waals surface area contributed by atoms with Crippen molar-refractivity contribution in [1.29, 1.82) is 0 Å². The molecule has 1 saturated heterocycles. The van der Waals surface area contributed by atoms with E-state index in [0.29, 0.717) is 16.1 Å². The van der Waals surface area contributed by atoms with Crippen LogP contribution in [0.15, 0.2) is 82.6 Å². The molecule has 0 saturated carbocycles. The Bertz CT molecular complexity index is 1450. The second-order valence-corrected chi connectivity index (χ2v) is 10.2. The van der Waals surface area contributed by atoms with E-state index in [1.807, 2.05) is 0 Å². The van der Waals surface area contributed by atoms with Crippen molar-refractivity contribution >= 4 is 56.4 Å². The molecule has 0 bridgehead atoms. The Hall–Kier alpha value is -3.67.